The molecule has 0 spiro atoms. The van der Waals surface area contributed by atoms with Crippen molar-refractivity contribution in [3.05, 3.63) is 59.4 Å². The van der Waals surface area contributed by atoms with Crippen LogP contribution in [0.2, 0.25) is 0 Å². The van der Waals surface area contributed by atoms with E-state index in [4.69, 9.17) is 0 Å². The van der Waals surface area contributed by atoms with Crippen LogP contribution in [-0.2, 0) is 6.54 Å². The lowest BCUT2D eigenvalue weighted by Gasteiger charge is -2.15. The minimum atomic E-state index is -0.527. The lowest BCUT2D eigenvalue weighted by Crippen LogP contribution is -2.22. The highest BCUT2D eigenvalue weighted by atomic mass is 19.1. The summed E-state index contributed by atoms with van der Waals surface area (Å²) in [5, 5.41) is 3.52. The second-order valence-electron chi connectivity index (χ2n) is 5.77. The largest absolute Gasteiger partial charge is 0.350 e. The molecule has 0 aliphatic heterocycles. The van der Waals surface area contributed by atoms with Crippen LogP contribution in [0.15, 0.2) is 36.7 Å². The third-order valence-electron chi connectivity index (χ3n) is 3.94. The SMILES string of the molecule is CCNC(c1ccn(Cc2cc(F)cc(F)c2)c1)C1CC1. The summed E-state index contributed by atoms with van der Waals surface area (Å²) in [6.07, 6.45) is 6.61. The molecule has 2 nitrogen and oxygen atoms in total. The summed E-state index contributed by atoms with van der Waals surface area (Å²) in [5.41, 5.74) is 1.90. The minimum absolute atomic E-state index is 0.403. The molecule has 0 bridgehead atoms. The maximum absolute atomic E-state index is 13.2. The lowest BCUT2D eigenvalue weighted by atomic mass is 10.1. The van der Waals surface area contributed by atoms with Crippen LogP contribution in [-0.4, -0.2) is 11.1 Å². The van der Waals surface area contributed by atoms with Gasteiger partial charge in [-0.05, 0) is 54.6 Å². The van der Waals surface area contributed by atoms with Gasteiger partial charge in [0.2, 0.25) is 0 Å². The van der Waals surface area contributed by atoms with E-state index in [0.717, 1.165) is 18.5 Å². The molecular formula is C17H20F2N2. The zero-order valence-corrected chi connectivity index (χ0v) is 12.2. The minimum Gasteiger partial charge on any atom is -0.350 e. The fraction of sp³-hybridized carbons (Fsp3) is 0.412. The third-order valence-corrected chi connectivity index (χ3v) is 3.94. The first-order chi connectivity index (χ1) is 10.2. The zero-order chi connectivity index (χ0) is 14.8. The van der Waals surface area contributed by atoms with E-state index in [9.17, 15) is 8.78 Å². The van der Waals surface area contributed by atoms with Gasteiger partial charge in [0, 0.05) is 31.0 Å². The standard InChI is InChI=1S/C17H20F2N2/c1-2-20-17(13-3-4-13)14-5-6-21(11-14)10-12-7-15(18)9-16(19)8-12/h5-9,11,13,17,20H,2-4,10H2,1H3. The fourth-order valence-corrected chi connectivity index (χ4v) is 2.86. The maximum Gasteiger partial charge on any atom is 0.126 e. The number of halogens is 2. The summed E-state index contributed by atoms with van der Waals surface area (Å²) in [6, 6.07) is 6.16. The highest BCUT2D eigenvalue weighted by Crippen LogP contribution is 2.41. The third kappa shape index (κ3) is 3.50. The first-order valence-electron chi connectivity index (χ1n) is 7.49. The van der Waals surface area contributed by atoms with Crippen LogP contribution in [0.5, 0.6) is 0 Å². The molecule has 0 radical (unpaired) electrons. The van der Waals surface area contributed by atoms with Gasteiger partial charge in [-0.3, -0.25) is 0 Å². The van der Waals surface area contributed by atoms with E-state index in [1.165, 1.54) is 30.5 Å². The van der Waals surface area contributed by atoms with E-state index < -0.39 is 11.6 Å². The van der Waals surface area contributed by atoms with Crippen LogP contribution in [0.25, 0.3) is 0 Å². The van der Waals surface area contributed by atoms with Crippen LogP contribution in [0.3, 0.4) is 0 Å². The molecule has 2 aromatic rings. The van der Waals surface area contributed by atoms with Crippen molar-refractivity contribution < 1.29 is 8.78 Å². The van der Waals surface area contributed by atoms with Gasteiger partial charge in [-0.15, -0.1) is 0 Å². The highest BCUT2D eigenvalue weighted by Gasteiger charge is 2.31. The smallest absolute Gasteiger partial charge is 0.126 e. The van der Waals surface area contributed by atoms with E-state index >= 15 is 0 Å². The Labute approximate surface area is 123 Å². The van der Waals surface area contributed by atoms with Crippen LogP contribution in [0.4, 0.5) is 8.78 Å². The van der Waals surface area contributed by atoms with Crippen molar-refractivity contribution in [2.24, 2.45) is 5.92 Å². The van der Waals surface area contributed by atoms with Gasteiger partial charge in [0.15, 0.2) is 0 Å². The van der Waals surface area contributed by atoms with Crippen molar-refractivity contribution in [3.8, 4) is 0 Å². The van der Waals surface area contributed by atoms with Crippen molar-refractivity contribution in [2.45, 2.75) is 32.4 Å². The highest BCUT2D eigenvalue weighted by molar-refractivity contribution is 5.22. The molecule has 1 atom stereocenters. The summed E-state index contributed by atoms with van der Waals surface area (Å²) in [4.78, 5) is 0. The second kappa shape index (κ2) is 5.98. The molecule has 1 aliphatic carbocycles. The predicted octanol–water partition coefficient (Wildman–Crippen LogP) is 3.88. The van der Waals surface area contributed by atoms with Gasteiger partial charge < -0.3 is 9.88 Å². The Morgan fingerprint density at radius 3 is 2.57 bits per heavy atom. The summed E-state index contributed by atoms with van der Waals surface area (Å²) in [6.45, 7) is 3.54. The lowest BCUT2D eigenvalue weighted by molar-refractivity contribution is 0.495. The van der Waals surface area contributed by atoms with Crippen molar-refractivity contribution in [3.63, 3.8) is 0 Å². The molecule has 0 amide bonds. The Balaban J connectivity index is 1.75. The first-order valence-corrected chi connectivity index (χ1v) is 7.49. The van der Waals surface area contributed by atoms with Gasteiger partial charge >= 0.3 is 0 Å². The molecular weight excluding hydrogens is 270 g/mol. The predicted molar refractivity (Wildman–Crippen MR) is 79.0 cm³/mol. The maximum atomic E-state index is 13.2. The number of benzene rings is 1. The summed E-state index contributed by atoms with van der Waals surface area (Å²) in [7, 11) is 0. The Hall–Kier alpha value is -1.68. The average Bonchev–Trinajstić information content (AvgIpc) is 3.15. The molecule has 1 heterocycles. The number of nitrogens with one attached hydrogen (secondary N) is 1. The monoisotopic (exact) mass is 290 g/mol. The van der Waals surface area contributed by atoms with E-state index in [0.29, 0.717) is 18.2 Å². The molecule has 1 N–H and O–H groups in total. The number of hydrogen-bond donors (Lipinski definition) is 1. The summed E-state index contributed by atoms with van der Waals surface area (Å²) < 4.78 is 28.4. The van der Waals surface area contributed by atoms with Crippen molar-refractivity contribution in [1.29, 1.82) is 0 Å². The van der Waals surface area contributed by atoms with Crippen LogP contribution in [0.1, 0.15) is 36.9 Å². The Morgan fingerprint density at radius 2 is 1.95 bits per heavy atom. The van der Waals surface area contributed by atoms with Gasteiger partial charge in [0.1, 0.15) is 11.6 Å². The van der Waals surface area contributed by atoms with E-state index in [-0.39, 0.29) is 0 Å². The molecule has 1 saturated carbocycles. The van der Waals surface area contributed by atoms with Crippen molar-refractivity contribution >= 4 is 0 Å². The normalized spacial score (nSPS) is 16.1. The van der Waals surface area contributed by atoms with Gasteiger partial charge in [-0.25, -0.2) is 8.78 Å². The molecule has 1 aliphatic rings. The Morgan fingerprint density at radius 1 is 1.24 bits per heavy atom. The first kappa shape index (κ1) is 14.3. The van der Waals surface area contributed by atoms with Gasteiger partial charge in [-0.2, -0.15) is 0 Å². The van der Waals surface area contributed by atoms with Crippen molar-refractivity contribution in [1.82, 2.24) is 9.88 Å². The quantitative estimate of drug-likeness (QED) is 0.854. The topological polar surface area (TPSA) is 17.0 Å². The summed E-state index contributed by atoms with van der Waals surface area (Å²) >= 11 is 0. The number of hydrogen-bond acceptors (Lipinski definition) is 1. The molecule has 1 fully saturated rings. The number of rotatable bonds is 6. The molecule has 1 aromatic carbocycles. The van der Waals surface area contributed by atoms with E-state index in [1.54, 1.807) is 0 Å². The van der Waals surface area contributed by atoms with Gasteiger partial charge in [-0.1, -0.05) is 6.92 Å². The van der Waals surface area contributed by atoms with Crippen molar-refractivity contribution in [2.75, 3.05) is 6.54 Å². The Kier molecular flexibility index (Phi) is 4.06. The van der Waals surface area contributed by atoms with Gasteiger partial charge in [0.05, 0.1) is 0 Å². The van der Waals surface area contributed by atoms with Crippen LogP contribution < -0.4 is 5.32 Å². The Bertz CT molecular complexity index is 597. The van der Waals surface area contributed by atoms with E-state index in [2.05, 4.69) is 24.5 Å². The fourth-order valence-electron chi connectivity index (χ4n) is 2.86. The second-order valence-corrected chi connectivity index (χ2v) is 5.77. The van der Waals surface area contributed by atoms with Gasteiger partial charge in [0.25, 0.3) is 0 Å². The molecule has 0 saturated heterocycles. The molecule has 112 valence electrons. The van der Waals surface area contributed by atoms with E-state index in [1.807, 2.05) is 10.8 Å². The number of aromatic nitrogens is 1. The number of nitrogens with zero attached hydrogens (tertiary/aromatic N) is 1. The summed E-state index contributed by atoms with van der Waals surface area (Å²) in [5.74, 6) is -0.325. The van der Waals surface area contributed by atoms with Crippen LogP contribution >= 0.6 is 0 Å². The molecule has 1 aromatic heterocycles. The molecule has 3 rings (SSSR count). The zero-order valence-electron chi connectivity index (χ0n) is 12.2. The molecule has 1 unspecified atom stereocenters. The van der Waals surface area contributed by atoms with Crippen LogP contribution in [0, 0.1) is 17.6 Å². The molecule has 4 heteroatoms. The average molecular weight is 290 g/mol. The molecule has 21 heavy (non-hydrogen) atoms.